The summed E-state index contributed by atoms with van der Waals surface area (Å²) in [5.41, 5.74) is -0.770. The molecular formula is C8H3BrClF3N2. The predicted octanol–water partition coefficient (Wildman–Crippen LogP) is 4.00. The lowest BCUT2D eigenvalue weighted by Crippen LogP contribution is -2.05. The van der Waals surface area contributed by atoms with Crippen molar-refractivity contribution in [3.63, 3.8) is 0 Å². The predicted molar refractivity (Wildman–Crippen MR) is 53.8 cm³/mol. The third-order valence-electron chi connectivity index (χ3n) is 1.86. The number of nitrogens with zero attached hydrogens (tertiary/aromatic N) is 1. The van der Waals surface area contributed by atoms with E-state index in [0.29, 0.717) is 4.47 Å². The van der Waals surface area contributed by atoms with Gasteiger partial charge in [-0.25, -0.2) is 0 Å². The molecule has 0 saturated carbocycles. The molecule has 1 N–H and O–H groups in total. The van der Waals surface area contributed by atoms with Gasteiger partial charge in [0, 0.05) is 9.86 Å². The first kappa shape index (κ1) is 10.8. The molecule has 1 heterocycles. The van der Waals surface area contributed by atoms with Crippen LogP contribution >= 0.6 is 27.5 Å². The number of fused-ring (bicyclic) bond motifs is 1. The van der Waals surface area contributed by atoms with Crippen molar-refractivity contribution in [2.75, 3.05) is 0 Å². The fourth-order valence-electron chi connectivity index (χ4n) is 1.26. The van der Waals surface area contributed by atoms with Crippen LogP contribution < -0.4 is 0 Å². The largest absolute Gasteiger partial charge is 0.433 e. The van der Waals surface area contributed by atoms with Crippen LogP contribution in [0.2, 0.25) is 5.02 Å². The van der Waals surface area contributed by atoms with Gasteiger partial charge in [-0.3, -0.25) is 5.10 Å². The van der Waals surface area contributed by atoms with Gasteiger partial charge in [0.15, 0.2) is 0 Å². The summed E-state index contributed by atoms with van der Waals surface area (Å²) in [5, 5.41) is 5.60. The van der Waals surface area contributed by atoms with Crippen molar-refractivity contribution in [1.82, 2.24) is 10.2 Å². The number of hydrogen-bond acceptors (Lipinski definition) is 1. The summed E-state index contributed by atoms with van der Waals surface area (Å²) in [6.45, 7) is 0. The lowest BCUT2D eigenvalue weighted by atomic mass is 10.2. The number of halogens is 5. The van der Waals surface area contributed by atoms with Gasteiger partial charge in [-0.2, -0.15) is 18.3 Å². The molecule has 0 aliphatic heterocycles. The van der Waals surface area contributed by atoms with E-state index in [1.165, 1.54) is 12.1 Å². The average Bonchev–Trinajstić information content (AvgIpc) is 2.45. The van der Waals surface area contributed by atoms with Gasteiger partial charge < -0.3 is 0 Å². The molecule has 0 atom stereocenters. The summed E-state index contributed by atoms with van der Waals surface area (Å²) < 4.78 is 37.9. The van der Waals surface area contributed by atoms with Crippen LogP contribution in [0.25, 0.3) is 10.9 Å². The standard InChI is InChI=1S/C8H3BrClF3N2/c9-3-1-4-6(5(10)2-3)14-15-7(4)8(11,12)13/h1-2H,(H,14,15). The van der Waals surface area contributed by atoms with Gasteiger partial charge in [0.05, 0.1) is 5.02 Å². The highest BCUT2D eigenvalue weighted by Crippen LogP contribution is 2.36. The van der Waals surface area contributed by atoms with Crippen LogP contribution in [0.15, 0.2) is 16.6 Å². The molecule has 0 aliphatic carbocycles. The van der Waals surface area contributed by atoms with Gasteiger partial charge >= 0.3 is 6.18 Å². The number of nitrogens with one attached hydrogen (secondary N) is 1. The van der Waals surface area contributed by atoms with Gasteiger partial charge in [-0.1, -0.05) is 27.5 Å². The lowest BCUT2D eigenvalue weighted by molar-refractivity contribution is -0.139. The van der Waals surface area contributed by atoms with Crippen LogP contribution in [0, 0.1) is 0 Å². The van der Waals surface area contributed by atoms with Crippen molar-refractivity contribution < 1.29 is 13.2 Å². The zero-order valence-electron chi connectivity index (χ0n) is 6.99. The van der Waals surface area contributed by atoms with Crippen LogP contribution in [0.1, 0.15) is 5.69 Å². The molecule has 0 saturated heterocycles. The molecule has 0 aliphatic rings. The number of aromatic nitrogens is 2. The van der Waals surface area contributed by atoms with E-state index in [2.05, 4.69) is 21.0 Å². The first-order valence-electron chi connectivity index (χ1n) is 3.80. The molecule has 1 aromatic heterocycles. The minimum absolute atomic E-state index is 0.0399. The van der Waals surface area contributed by atoms with Gasteiger partial charge in [0.2, 0.25) is 0 Å². The Kier molecular flexibility index (Phi) is 2.42. The molecule has 0 fully saturated rings. The third-order valence-corrected chi connectivity index (χ3v) is 2.61. The molecule has 1 aromatic carbocycles. The Hall–Kier alpha value is -0.750. The highest BCUT2D eigenvalue weighted by atomic mass is 79.9. The maximum absolute atomic E-state index is 12.5. The van der Waals surface area contributed by atoms with E-state index in [0.717, 1.165) is 0 Å². The van der Waals surface area contributed by atoms with Crippen molar-refractivity contribution in [2.24, 2.45) is 0 Å². The Morgan fingerprint density at radius 3 is 2.60 bits per heavy atom. The van der Waals surface area contributed by atoms with E-state index >= 15 is 0 Å². The smallest absolute Gasteiger partial charge is 0.272 e. The number of benzene rings is 1. The van der Waals surface area contributed by atoms with Gasteiger partial charge in [0.25, 0.3) is 0 Å². The number of hydrogen-bond donors (Lipinski definition) is 1. The second kappa shape index (κ2) is 3.38. The molecule has 0 amide bonds. The Labute approximate surface area is 95.5 Å². The van der Waals surface area contributed by atoms with Crippen molar-refractivity contribution in [3.8, 4) is 0 Å². The van der Waals surface area contributed by atoms with Crippen LogP contribution in [-0.2, 0) is 6.18 Å². The van der Waals surface area contributed by atoms with E-state index in [4.69, 9.17) is 11.6 Å². The maximum atomic E-state index is 12.5. The lowest BCUT2D eigenvalue weighted by Gasteiger charge is -2.03. The maximum Gasteiger partial charge on any atom is 0.433 e. The molecular weight excluding hydrogens is 296 g/mol. The Bertz CT molecular complexity index is 520. The van der Waals surface area contributed by atoms with Crippen LogP contribution in [0.4, 0.5) is 13.2 Å². The zero-order valence-corrected chi connectivity index (χ0v) is 9.33. The van der Waals surface area contributed by atoms with Crippen LogP contribution in [0.3, 0.4) is 0 Å². The van der Waals surface area contributed by atoms with Gasteiger partial charge in [-0.05, 0) is 12.1 Å². The minimum Gasteiger partial charge on any atom is -0.272 e. The van der Waals surface area contributed by atoms with Crippen molar-refractivity contribution >= 4 is 38.4 Å². The molecule has 0 spiro atoms. The van der Waals surface area contributed by atoms with Crippen molar-refractivity contribution in [1.29, 1.82) is 0 Å². The van der Waals surface area contributed by atoms with E-state index in [9.17, 15) is 13.2 Å². The number of alkyl halides is 3. The molecule has 80 valence electrons. The summed E-state index contributed by atoms with van der Waals surface area (Å²) in [7, 11) is 0. The van der Waals surface area contributed by atoms with Crippen LogP contribution in [-0.4, -0.2) is 10.2 Å². The van der Waals surface area contributed by atoms with E-state index in [1.54, 1.807) is 0 Å². The average molecular weight is 299 g/mol. The zero-order chi connectivity index (χ0) is 11.2. The van der Waals surface area contributed by atoms with Crippen LogP contribution in [0.5, 0.6) is 0 Å². The molecule has 0 bridgehead atoms. The van der Waals surface area contributed by atoms with Gasteiger partial charge in [-0.15, -0.1) is 0 Å². The number of H-pyrrole nitrogens is 1. The first-order valence-corrected chi connectivity index (χ1v) is 4.97. The SMILES string of the molecule is FC(F)(F)c1[nH]nc2c(Cl)cc(Br)cc12. The summed E-state index contributed by atoms with van der Waals surface area (Å²) in [4.78, 5) is 0. The second-order valence-corrected chi connectivity index (χ2v) is 4.20. The fraction of sp³-hybridized carbons (Fsp3) is 0.125. The molecule has 2 nitrogen and oxygen atoms in total. The Morgan fingerprint density at radius 1 is 1.33 bits per heavy atom. The Morgan fingerprint density at radius 2 is 2.00 bits per heavy atom. The summed E-state index contributed by atoms with van der Waals surface area (Å²) in [6.07, 6.45) is -4.46. The molecule has 0 radical (unpaired) electrons. The number of rotatable bonds is 0. The highest BCUT2D eigenvalue weighted by molar-refractivity contribution is 9.10. The summed E-state index contributed by atoms with van der Waals surface area (Å²) in [6, 6.07) is 2.82. The summed E-state index contributed by atoms with van der Waals surface area (Å²) in [5.74, 6) is 0. The third kappa shape index (κ3) is 1.83. The first-order chi connectivity index (χ1) is 6.89. The van der Waals surface area contributed by atoms with E-state index < -0.39 is 11.9 Å². The number of aromatic amines is 1. The second-order valence-electron chi connectivity index (χ2n) is 2.88. The van der Waals surface area contributed by atoms with E-state index in [-0.39, 0.29) is 15.9 Å². The monoisotopic (exact) mass is 298 g/mol. The fourth-order valence-corrected chi connectivity index (χ4v) is 2.11. The molecule has 2 aromatic rings. The van der Waals surface area contributed by atoms with E-state index in [1.807, 2.05) is 5.10 Å². The Balaban J connectivity index is 2.80. The molecule has 0 unspecified atom stereocenters. The molecule has 15 heavy (non-hydrogen) atoms. The van der Waals surface area contributed by atoms with Gasteiger partial charge in [0.1, 0.15) is 11.2 Å². The highest BCUT2D eigenvalue weighted by Gasteiger charge is 2.35. The molecule has 2 rings (SSSR count). The molecule has 7 heteroatoms. The van der Waals surface area contributed by atoms with Crippen molar-refractivity contribution in [3.05, 3.63) is 27.3 Å². The minimum atomic E-state index is -4.46. The normalized spacial score (nSPS) is 12.3. The summed E-state index contributed by atoms with van der Waals surface area (Å²) >= 11 is 8.82. The topological polar surface area (TPSA) is 28.7 Å². The van der Waals surface area contributed by atoms with Crippen molar-refractivity contribution in [2.45, 2.75) is 6.18 Å². The quantitative estimate of drug-likeness (QED) is 0.782.